The normalized spacial score (nSPS) is 17.2. The van der Waals surface area contributed by atoms with Crippen molar-refractivity contribution >= 4 is 17.5 Å². The van der Waals surface area contributed by atoms with Crippen molar-refractivity contribution in [2.75, 3.05) is 19.6 Å². The highest BCUT2D eigenvalue weighted by Crippen LogP contribution is 2.17. The summed E-state index contributed by atoms with van der Waals surface area (Å²) in [6.45, 7) is 6.06. The Balaban J connectivity index is 1.57. The molecule has 0 aliphatic carbocycles. The molecular formula is C25H33ClN2O. The van der Waals surface area contributed by atoms with Crippen LogP contribution in [0.4, 0.5) is 0 Å². The standard InChI is InChI=1S/C25H33ClN2O/c1-21-8-5-6-17-27(21)18-7-19-28(20-23-11-14-24(26)15-12-23)25(29)16-13-22-9-3-2-4-10-22/h2-4,9-12,14-15,21H,5-8,13,16-20H2,1H3. The lowest BCUT2D eigenvalue weighted by Gasteiger charge is -2.34. The molecule has 1 unspecified atom stereocenters. The summed E-state index contributed by atoms with van der Waals surface area (Å²) in [7, 11) is 0. The van der Waals surface area contributed by atoms with E-state index in [2.05, 4.69) is 24.0 Å². The molecule has 1 saturated heterocycles. The van der Waals surface area contributed by atoms with Gasteiger partial charge in [-0.25, -0.2) is 0 Å². The number of likely N-dealkylation sites (tertiary alicyclic amines) is 1. The Morgan fingerprint density at radius 1 is 1.07 bits per heavy atom. The maximum absolute atomic E-state index is 13.0. The zero-order valence-corrected chi connectivity index (χ0v) is 18.3. The highest BCUT2D eigenvalue weighted by molar-refractivity contribution is 6.30. The number of carbonyl (C=O) groups is 1. The van der Waals surface area contributed by atoms with Crippen molar-refractivity contribution in [3.8, 4) is 0 Å². The van der Waals surface area contributed by atoms with Crippen LogP contribution in [-0.2, 0) is 17.8 Å². The third-order valence-corrected chi connectivity index (χ3v) is 6.18. The molecule has 1 aliphatic rings. The number of aryl methyl sites for hydroxylation is 1. The number of hydrogen-bond donors (Lipinski definition) is 0. The molecule has 1 aliphatic heterocycles. The van der Waals surface area contributed by atoms with Gasteiger partial charge in [0.2, 0.25) is 5.91 Å². The van der Waals surface area contributed by atoms with Gasteiger partial charge in [-0.2, -0.15) is 0 Å². The van der Waals surface area contributed by atoms with Gasteiger partial charge in [-0.3, -0.25) is 4.79 Å². The van der Waals surface area contributed by atoms with Gasteiger partial charge in [0.05, 0.1) is 0 Å². The summed E-state index contributed by atoms with van der Waals surface area (Å²) in [6, 6.07) is 18.8. The Kier molecular flexibility index (Phi) is 8.57. The minimum atomic E-state index is 0.232. The molecule has 0 aromatic heterocycles. The summed E-state index contributed by atoms with van der Waals surface area (Å²) < 4.78 is 0. The summed E-state index contributed by atoms with van der Waals surface area (Å²) in [5, 5.41) is 0.731. The van der Waals surface area contributed by atoms with Gasteiger partial charge >= 0.3 is 0 Å². The van der Waals surface area contributed by atoms with Crippen LogP contribution in [0.5, 0.6) is 0 Å². The quantitative estimate of drug-likeness (QED) is 0.537. The van der Waals surface area contributed by atoms with Gasteiger partial charge in [0.15, 0.2) is 0 Å². The highest BCUT2D eigenvalue weighted by Gasteiger charge is 2.19. The summed E-state index contributed by atoms with van der Waals surface area (Å²) in [6.07, 6.45) is 6.31. The zero-order chi connectivity index (χ0) is 20.5. The van der Waals surface area contributed by atoms with Gasteiger partial charge in [-0.15, -0.1) is 0 Å². The van der Waals surface area contributed by atoms with E-state index >= 15 is 0 Å². The van der Waals surface area contributed by atoms with Crippen LogP contribution >= 0.6 is 11.6 Å². The molecule has 3 rings (SSSR count). The van der Waals surface area contributed by atoms with E-state index in [1.807, 2.05) is 47.4 Å². The first-order valence-electron chi connectivity index (χ1n) is 10.9. The maximum Gasteiger partial charge on any atom is 0.223 e. The molecule has 3 nitrogen and oxygen atoms in total. The van der Waals surface area contributed by atoms with Crippen molar-refractivity contribution in [2.45, 2.75) is 58.0 Å². The van der Waals surface area contributed by atoms with E-state index in [0.717, 1.165) is 36.5 Å². The monoisotopic (exact) mass is 412 g/mol. The zero-order valence-electron chi connectivity index (χ0n) is 17.5. The minimum Gasteiger partial charge on any atom is -0.338 e. The third kappa shape index (κ3) is 7.17. The molecule has 4 heteroatoms. The molecule has 0 spiro atoms. The van der Waals surface area contributed by atoms with Gasteiger partial charge in [0.1, 0.15) is 0 Å². The molecule has 1 atom stereocenters. The second-order valence-corrected chi connectivity index (χ2v) is 8.60. The van der Waals surface area contributed by atoms with Crippen LogP contribution in [0.3, 0.4) is 0 Å². The van der Waals surface area contributed by atoms with Gasteiger partial charge in [0.25, 0.3) is 0 Å². The van der Waals surface area contributed by atoms with Crippen molar-refractivity contribution in [1.29, 1.82) is 0 Å². The van der Waals surface area contributed by atoms with Gasteiger partial charge in [-0.1, -0.05) is 60.5 Å². The Morgan fingerprint density at radius 2 is 1.83 bits per heavy atom. The smallest absolute Gasteiger partial charge is 0.223 e. The molecule has 0 radical (unpaired) electrons. The largest absolute Gasteiger partial charge is 0.338 e. The van der Waals surface area contributed by atoms with Gasteiger partial charge in [-0.05, 0) is 62.4 Å². The predicted octanol–water partition coefficient (Wildman–Crippen LogP) is 5.57. The van der Waals surface area contributed by atoms with E-state index in [4.69, 9.17) is 11.6 Å². The lowest BCUT2D eigenvalue weighted by atomic mass is 10.0. The Morgan fingerprint density at radius 3 is 2.55 bits per heavy atom. The van der Waals surface area contributed by atoms with E-state index in [9.17, 15) is 4.79 Å². The first kappa shape index (κ1) is 21.9. The molecule has 1 heterocycles. The lowest BCUT2D eigenvalue weighted by molar-refractivity contribution is -0.131. The van der Waals surface area contributed by atoms with E-state index in [-0.39, 0.29) is 5.91 Å². The lowest BCUT2D eigenvalue weighted by Crippen LogP contribution is -2.40. The van der Waals surface area contributed by atoms with Crippen molar-refractivity contribution in [2.24, 2.45) is 0 Å². The number of carbonyl (C=O) groups excluding carboxylic acids is 1. The molecule has 0 bridgehead atoms. The van der Waals surface area contributed by atoms with Crippen LogP contribution in [0, 0.1) is 0 Å². The fourth-order valence-corrected chi connectivity index (χ4v) is 4.24. The number of piperidine rings is 1. The van der Waals surface area contributed by atoms with E-state index < -0.39 is 0 Å². The van der Waals surface area contributed by atoms with Crippen LogP contribution in [0.15, 0.2) is 54.6 Å². The fraction of sp³-hybridized carbons (Fsp3) is 0.480. The molecule has 0 N–H and O–H groups in total. The Hall–Kier alpha value is -1.84. The van der Waals surface area contributed by atoms with Crippen molar-refractivity contribution in [3.05, 3.63) is 70.7 Å². The van der Waals surface area contributed by atoms with Gasteiger partial charge in [0, 0.05) is 37.1 Å². The molecule has 0 saturated carbocycles. The molecule has 1 amide bonds. The third-order valence-electron chi connectivity index (χ3n) is 5.92. The first-order valence-corrected chi connectivity index (χ1v) is 11.3. The van der Waals surface area contributed by atoms with E-state index in [1.165, 1.54) is 31.4 Å². The second kappa shape index (κ2) is 11.4. The van der Waals surface area contributed by atoms with Crippen molar-refractivity contribution in [3.63, 3.8) is 0 Å². The van der Waals surface area contributed by atoms with E-state index in [0.29, 0.717) is 19.0 Å². The second-order valence-electron chi connectivity index (χ2n) is 8.16. The topological polar surface area (TPSA) is 23.6 Å². The van der Waals surface area contributed by atoms with Crippen molar-refractivity contribution < 1.29 is 4.79 Å². The average Bonchev–Trinajstić information content (AvgIpc) is 2.75. The maximum atomic E-state index is 13.0. The molecule has 2 aromatic carbocycles. The molecule has 29 heavy (non-hydrogen) atoms. The van der Waals surface area contributed by atoms with E-state index in [1.54, 1.807) is 0 Å². The first-order chi connectivity index (χ1) is 14.1. The number of amides is 1. The summed E-state index contributed by atoms with van der Waals surface area (Å²) in [5.74, 6) is 0.232. The molecule has 2 aromatic rings. The number of benzene rings is 2. The Bertz CT molecular complexity index is 747. The van der Waals surface area contributed by atoms with Crippen LogP contribution in [0.25, 0.3) is 0 Å². The highest BCUT2D eigenvalue weighted by atomic mass is 35.5. The number of halogens is 1. The SMILES string of the molecule is CC1CCCCN1CCCN(Cc1ccc(Cl)cc1)C(=O)CCc1ccccc1. The summed E-state index contributed by atoms with van der Waals surface area (Å²) in [4.78, 5) is 17.6. The number of rotatable bonds is 9. The molecule has 156 valence electrons. The summed E-state index contributed by atoms with van der Waals surface area (Å²) in [5.41, 5.74) is 2.35. The Labute approximate surface area is 180 Å². The molecule has 1 fully saturated rings. The fourth-order valence-electron chi connectivity index (χ4n) is 4.11. The summed E-state index contributed by atoms with van der Waals surface area (Å²) >= 11 is 6.03. The predicted molar refractivity (Wildman–Crippen MR) is 121 cm³/mol. The number of nitrogens with zero attached hydrogens (tertiary/aromatic N) is 2. The van der Waals surface area contributed by atoms with Crippen LogP contribution in [0.2, 0.25) is 5.02 Å². The van der Waals surface area contributed by atoms with Crippen molar-refractivity contribution in [1.82, 2.24) is 9.80 Å². The van der Waals surface area contributed by atoms with Gasteiger partial charge < -0.3 is 9.80 Å². The van der Waals surface area contributed by atoms with Crippen LogP contribution in [0.1, 0.15) is 50.2 Å². The van der Waals surface area contributed by atoms with Crippen LogP contribution < -0.4 is 0 Å². The number of hydrogen-bond acceptors (Lipinski definition) is 2. The minimum absolute atomic E-state index is 0.232. The molecular weight excluding hydrogens is 380 g/mol. The van der Waals surface area contributed by atoms with Crippen LogP contribution in [-0.4, -0.2) is 41.4 Å². The average molecular weight is 413 g/mol.